The van der Waals surface area contributed by atoms with Crippen molar-refractivity contribution in [2.24, 2.45) is 0 Å². The van der Waals surface area contributed by atoms with Gasteiger partial charge in [-0.05, 0) is 35.4 Å². The lowest BCUT2D eigenvalue weighted by Gasteiger charge is -2.18. The van der Waals surface area contributed by atoms with E-state index in [4.69, 9.17) is 0 Å². The Morgan fingerprint density at radius 3 is 2.60 bits per heavy atom. The SMILES string of the molecule is CCCC(c1ccccc1O)n1ccn(Cc2ccc(-c3ncccc3-c3nn[nH]n3)cc2)c1=O. The number of hydrogen-bond acceptors (Lipinski definition) is 6. The van der Waals surface area contributed by atoms with Crippen LogP contribution in [-0.4, -0.2) is 39.8 Å². The maximum absolute atomic E-state index is 13.3. The Labute approximate surface area is 201 Å². The number of phenols is 1. The number of imidazole rings is 1. The smallest absolute Gasteiger partial charge is 0.329 e. The molecule has 5 aromatic rings. The Hall–Kier alpha value is -4.53. The molecule has 9 nitrogen and oxygen atoms in total. The predicted octanol–water partition coefficient (Wildman–Crippen LogP) is 4.04. The van der Waals surface area contributed by atoms with Gasteiger partial charge < -0.3 is 5.11 Å². The van der Waals surface area contributed by atoms with Crippen LogP contribution in [0, 0.1) is 0 Å². The summed E-state index contributed by atoms with van der Waals surface area (Å²) in [6, 6.07) is 18.7. The molecule has 3 aromatic heterocycles. The van der Waals surface area contributed by atoms with E-state index in [9.17, 15) is 9.90 Å². The van der Waals surface area contributed by atoms with Gasteiger partial charge in [-0.3, -0.25) is 14.1 Å². The largest absolute Gasteiger partial charge is 0.508 e. The van der Waals surface area contributed by atoms with Crippen LogP contribution < -0.4 is 5.69 Å². The summed E-state index contributed by atoms with van der Waals surface area (Å²) in [4.78, 5) is 17.8. The molecule has 2 aromatic carbocycles. The monoisotopic (exact) mass is 467 g/mol. The fourth-order valence-electron chi connectivity index (χ4n) is 4.33. The van der Waals surface area contributed by atoms with Crippen LogP contribution in [0.1, 0.15) is 36.9 Å². The van der Waals surface area contributed by atoms with Gasteiger partial charge in [0.25, 0.3) is 0 Å². The van der Waals surface area contributed by atoms with E-state index in [0.717, 1.165) is 40.8 Å². The molecule has 0 radical (unpaired) electrons. The zero-order valence-electron chi connectivity index (χ0n) is 19.2. The number of pyridine rings is 1. The molecule has 5 rings (SSSR count). The number of para-hydroxylation sites is 1. The molecule has 0 fully saturated rings. The Morgan fingerprint density at radius 2 is 1.86 bits per heavy atom. The Morgan fingerprint density at radius 1 is 1.03 bits per heavy atom. The Balaban J connectivity index is 1.40. The Bertz CT molecular complexity index is 1470. The second-order valence-corrected chi connectivity index (χ2v) is 8.31. The molecule has 0 saturated heterocycles. The highest BCUT2D eigenvalue weighted by Crippen LogP contribution is 2.30. The first-order valence-corrected chi connectivity index (χ1v) is 11.5. The van der Waals surface area contributed by atoms with Crippen molar-refractivity contribution in [1.29, 1.82) is 0 Å². The highest BCUT2D eigenvalue weighted by atomic mass is 16.3. The summed E-state index contributed by atoms with van der Waals surface area (Å²) >= 11 is 0. The predicted molar refractivity (Wildman–Crippen MR) is 132 cm³/mol. The van der Waals surface area contributed by atoms with Gasteiger partial charge in [-0.15, -0.1) is 10.2 Å². The van der Waals surface area contributed by atoms with Gasteiger partial charge in [-0.1, -0.05) is 55.8 Å². The minimum absolute atomic E-state index is 0.111. The van der Waals surface area contributed by atoms with Crippen molar-refractivity contribution in [1.82, 2.24) is 34.7 Å². The number of benzene rings is 2. The maximum atomic E-state index is 13.3. The van der Waals surface area contributed by atoms with E-state index in [1.54, 1.807) is 39.9 Å². The van der Waals surface area contributed by atoms with Gasteiger partial charge in [-0.25, -0.2) is 4.79 Å². The first-order valence-electron chi connectivity index (χ1n) is 11.5. The first kappa shape index (κ1) is 22.3. The molecule has 0 aliphatic heterocycles. The Kier molecular flexibility index (Phi) is 6.21. The van der Waals surface area contributed by atoms with Crippen molar-refractivity contribution < 1.29 is 5.11 Å². The van der Waals surface area contributed by atoms with Crippen LogP contribution in [0.2, 0.25) is 0 Å². The lowest BCUT2D eigenvalue weighted by Crippen LogP contribution is -2.28. The second-order valence-electron chi connectivity index (χ2n) is 8.31. The average molecular weight is 468 g/mol. The maximum Gasteiger partial charge on any atom is 0.329 e. The zero-order chi connectivity index (χ0) is 24.2. The number of aromatic amines is 1. The van der Waals surface area contributed by atoms with Crippen molar-refractivity contribution in [2.45, 2.75) is 32.4 Å². The molecule has 2 N–H and O–H groups in total. The summed E-state index contributed by atoms with van der Waals surface area (Å²) in [6.07, 6.45) is 6.97. The van der Waals surface area contributed by atoms with Gasteiger partial charge in [-0.2, -0.15) is 5.21 Å². The third kappa shape index (κ3) is 4.48. The number of hydrogen-bond donors (Lipinski definition) is 2. The van der Waals surface area contributed by atoms with E-state index in [1.165, 1.54) is 0 Å². The van der Waals surface area contributed by atoms with Crippen LogP contribution >= 0.6 is 0 Å². The molecule has 0 bridgehead atoms. The molecule has 0 amide bonds. The summed E-state index contributed by atoms with van der Waals surface area (Å²) in [7, 11) is 0. The highest BCUT2D eigenvalue weighted by molar-refractivity contribution is 5.76. The molecular weight excluding hydrogens is 442 g/mol. The van der Waals surface area contributed by atoms with Crippen molar-refractivity contribution in [3.63, 3.8) is 0 Å². The molecule has 0 aliphatic rings. The molecule has 0 spiro atoms. The van der Waals surface area contributed by atoms with Gasteiger partial charge in [0, 0.05) is 35.3 Å². The van der Waals surface area contributed by atoms with E-state index < -0.39 is 0 Å². The summed E-state index contributed by atoms with van der Waals surface area (Å²) in [5.74, 6) is 0.687. The fraction of sp³-hybridized carbons (Fsp3) is 0.192. The van der Waals surface area contributed by atoms with E-state index in [2.05, 4.69) is 32.5 Å². The van der Waals surface area contributed by atoms with Gasteiger partial charge in [0.2, 0.25) is 5.82 Å². The fourth-order valence-corrected chi connectivity index (χ4v) is 4.33. The van der Waals surface area contributed by atoms with Crippen molar-refractivity contribution in [3.05, 3.63) is 101 Å². The molecular formula is C26H25N7O2. The van der Waals surface area contributed by atoms with E-state index in [0.29, 0.717) is 12.4 Å². The van der Waals surface area contributed by atoms with Crippen molar-refractivity contribution >= 4 is 0 Å². The highest BCUT2D eigenvalue weighted by Gasteiger charge is 2.19. The number of nitrogens with one attached hydrogen (secondary N) is 1. The first-order chi connectivity index (χ1) is 17.2. The molecule has 1 atom stereocenters. The molecule has 0 aliphatic carbocycles. The van der Waals surface area contributed by atoms with Gasteiger partial charge in [0.1, 0.15) is 5.75 Å². The molecule has 9 heteroatoms. The quantitative estimate of drug-likeness (QED) is 0.356. The van der Waals surface area contributed by atoms with Crippen LogP contribution in [0.5, 0.6) is 5.75 Å². The van der Waals surface area contributed by atoms with Crippen LogP contribution in [0.15, 0.2) is 84.0 Å². The minimum Gasteiger partial charge on any atom is -0.508 e. The van der Waals surface area contributed by atoms with Crippen LogP contribution in [-0.2, 0) is 6.54 Å². The van der Waals surface area contributed by atoms with Gasteiger partial charge in [0.15, 0.2) is 0 Å². The molecule has 1 unspecified atom stereocenters. The number of aromatic nitrogens is 7. The number of nitrogens with zero attached hydrogens (tertiary/aromatic N) is 6. The van der Waals surface area contributed by atoms with Gasteiger partial charge >= 0.3 is 5.69 Å². The summed E-state index contributed by atoms with van der Waals surface area (Å²) < 4.78 is 3.39. The zero-order valence-corrected chi connectivity index (χ0v) is 19.2. The number of tetrazole rings is 1. The molecule has 35 heavy (non-hydrogen) atoms. The standard InChI is InChI=1S/C26H25N7O2/c1-2-6-22(20-7-3-4-9-23(20)34)33-16-15-32(26(33)35)17-18-10-12-19(13-11-18)24-21(8-5-14-27-24)25-28-30-31-29-25/h3-5,7-16,22,34H,2,6,17H2,1H3,(H,28,29,30,31). The third-order valence-corrected chi connectivity index (χ3v) is 6.04. The van der Waals surface area contributed by atoms with E-state index in [-0.39, 0.29) is 17.5 Å². The third-order valence-electron chi connectivity index (χ3n) is 6.04. The topological polar surface area (TPSA) is 115 Å². The van der Waals surface area contributed by atoms with Crippen LogP contribution in [0.3, 0.4) is 0 Å². The summed E-state index contributed by atoms with van der Waals surface area (Å²) in [5, 5.41) is 24.6. The summed E-state index contributed by atoms with van der Waals surface area (Å²) in [6.45, 7) is 2.51. The average Bonchev–Trinajstić information content (AvgIpc) is 3.55. The normalized spacial score (nSPS) is 12.0. The van der Waals surface area contributed by atoms with Crippen LogP contribution in [0.4, 0.5) is 0 Å². The second kappa shape index (κ2) is 9.76. The number of H-pyrrole nitrogens is 1. The lowest BCUT2D eigenvalue weighted by molar-refractivity contribution is 0.438. The molecule has 176 valence electrons. The molecule has 3 heterocycles. The van der Waals surface area contributed by atoms with E-state index in [1.807, 2.05) is 48.5 Å². The van der Waals surface area contributed by atoms with E-state index >= 15 is 0 Å². The van der Waals surface area contributed by atoms with Crippen LogP contribution in [0.25, 0.3) is 22.6 Å². The minimum atomic E-state index is -0.218. The molecule has 0 saturated carbocycles. The number of phenolic OH excluding ortho intramolecular Hbond substituents is 1. The van der Waals surface area contributed by atoms with Crippen molar-refractivity contribution in [3.8, 4) is 28.4 Å². The van der Waals surface area contributed by atoms with Gasteiger partial charge in [0.05, 0.1) is 18.3 Å². The summed E-state index contributed by atoms with van der Waals surface area (Å²) in [5.41, 5.74) is 4.09. The number of rotatable bonds is 8. The lowest BCUT2D eigenvalue weighted by atomic mass is 10.0. The number of aromatic hydroxyl groups is 1. The van der Waals surface area contributed by atoms with Crippen molar-refractivity contribution in [2.75, 3.05) is 0 Å².